The number of aliphatic hydroxyl groups is 1. The van der Waals surface area contributed by atoms with Crippen molar-refractivity contribution < 1.29 is 9.90 Å². The highest BCUT2D eigenvalue weighted by Gasteiger charge is 2.24. The highest BCUT2D eigenvalue weighted by molar-refractivity contribution is 6.30. The van der Waals surface area contributed by atoms with Crippen LogP contribution >= 0.6 is 11.6 Å². The second kappa shape index (κ2) is 9.62. The number of halogens is 1. The molecule has 1 atom stereocenters. The van der Waals surface area contributed by atoms with E-state index in [9.17, 15) is 9.90 Å². The summed E-state index contributed by atoms with van der Waals surface area (Å²) in [6.45, 7) is 4.86. The van der Waals surface area contributed by atoms with Gasteiger partial charge in [-0.05, 0) is 36.5 Å². The number of rotatable bonds is 5. The zero-order valence-electron chi connectivity index (χ0n) is 17.1. The Bertz CT molecular complexity index is 872. The van der Waals surface area contributed by atoms with Gasteiger partial charge in [0.15, 0.2) is 0 Å². The average molecular weight is 430 g/mol. The number of benzene rings is 1. The van der Waals surface area contributed by atoms with Crippen molar-refractivity contribution in [2.45, 2.75) is 19.3 Å². The predicted molar refractivity (Wildman–Crippen MR) is 118 cm³/mol. The summed E-state index contributed by atoms with van der Waals surface area (Å²) in [6.07, 6.45) is 4.12. The molecule has 1 N–H and O–H groups in total. The van der Waals surface area contributed by atoms with Crippen LogP contribution in [0.5, 0.6) is 0 Å². The van der Waals surface area contributed by atoms with Crippen LogP contribution in [0.4, 0.5) is 11.6 Å². The molecule has 0 aliphatic carbocycles. The summed E-state index contributed by atoms with van der Waals surface area (Å²) in [5, 5.41) is 10.1. The van der Waals surface area contributed by atoms with Crippen LogP contribution in [0.2, 0.25) is 5.02 Å². The van der Waals surface area contributed by atoms with E-state index in [0.29, 0.717) is 30.5 Å². The van der Waals surface area contributed by atoms with Crippen molar-refractivity contribution in [3.05, 3.63) is 47.2 Å². The monoisotopic (exact) mass is 429 g/mol. The Balaban J connectivity index is 1.34. The quantitative estimate of drug-likeness (QED) is 0.785. The molecule has 7 nitrogen and oxygen atoms in total. The molecule has 1 aromatic heterocycles. The van der Waals surface area contributed by atoms with Gasteiger partial charge in [-0.1, -0.05) is 23.7 Å². The Morgan fingerprint density at radius 3 is 2.57 bits per heavy atom. The van der Waals surface area contributed by atoms with Gasteiger partial charge in [0.25, 0.3) is 0 Å². The van der Waals surface area contributed by atoms with Gasteiger partial charge in [-0.25, -0.2) is 9.97 Å². The fourth-order valence-corrected chi connectivity index (χ4v) is 4.44. The van der Waals surface area contributed by atoms with Gasteiger partial charge in [-0.15, -0.1) is 0 Å². The van der Waals surface area contributed by atoms with Crippen molar-refractivity contribution in [1.29, 1.82) is 0 Å². The van der Waals surface area contributed by atoms with Gasteiger partial charge >= 0.3 is 0 Å². The van der Waals surface area contributed by atoms with E-state index in [1.54, 1.807) is 6.33 Å². The van der Waals surface area contributed by atoms with Crippen LogP contribution in [0.15, 0.2) is 36.7 Å². The van der Waals surface area contributed by atoms with E-state index >= 15 is 0 Å². The third kappa shape index (κ3) is 5.02. The Morgan fingerprint density at radius 1 is 1.07 bits per heavy atom. The highest BCUT2D eigenvalue weighted by atomic mass is 35.5. The molecule has 0 spiro atoms. The minimum Gasteiger partial charge on any atom is -0.396 e. The maximum absolute atomic E-state index is 12.7. The molecule has 0 bridgehead atoms. The normalized spacial score (nSPS) is 19.8. The Morgan fingerprint density at radius 2 is 1.83 bits per heavy atom. The molecule has 8 heteroatoms. The number of piperidine rings is 1. The standard InChI is InChI=1S/C22H28ClN5O2/c23-19-5-1-3-17(11-19)12-22(30)27-9-7-26(8-10-27)20-13-21(25-16-24-20)28-6-2-4-18(14-28)15-29/h1,3,5,11,13,16,18,29H,2,4,6-10,12,14-15H2. The van der Waals surface area contributed by atoms with E-state index in [2.05, 4.69) is 19.8 Å². The molecular weight excluding hydrogens is 402 g/mol. The second-order valence-corrected chi connectivity index (χ2v) is 8.48. The maximum atomic E-state index is 12.7. The van der Waals surface area contributed by atoms with Gasteiger partial charge in [0.1, 0.15) is 18.0 Å². The lowest BCUT2D eigenvalue weighted by molar-refractivity contribution is -0.130. The molecule has 0 radical (unpaired) electrons. The summed E-state index contributed by atoms with van der Waals surface area (Å²) in [7, 11) is 0. The molecule has 4 rings (SSSR count). The lowest BCUT2D eigenvalue weighted by Crippen LogP contribution is -2.49. The first-order valence-corrected chi connectivity index (χ1v) is 10.9. The van der Waals surface area contributed by atoms with Crippen LogP contribution in [0.3, 0.4) is 0 Å². The minimum absolute atomic E-state index is 0.128. The Hall–Kier alpha value is -2.38. The topological polar surface area (TPSA) is 72.8 Å². The number of piperazine rings is 1. The van der Waals surface area contributed by atoms with E-state index in [0.717, 1.165) is 56.2 Å². The number of hydrogen-bond donors (Lipinski definition) is 1. The van der Waals surface area contributed by atoms with Crippen molar-refractivity contribution in [2.75, 3.05) is 55.7 Å². The third-order valence-electron chi connectivity index (χ3n) is 5.94. The number of carbonyl (C=O) groups is 1. The molecule has 2 aliphatic rings. The highest BCUT2D eigenvalue weighted by Crippen LogP contribution is 2.24. The molecule has 30 heavy (non-hydrogen) atoms. The molecule has 1 aromatic carbocycles. The van der Waals surface area contributed by atoms with E-state index in [1.807, 2.05) is 35.2 Å². The summed E-state index contributed by atoms with van der Waals surface area (Å²) < 4.78 is 0. The van der Waals surface area contributed by atoms with Crippen LogP contribution in [-0.4, -0.2) is 71.8 Å². The van der Waals surface area contributed by atoms with Crippen molar-refractivity contribution in [3.8, 4) is 0 Å². The van der Waals surface area contributed by atoms with Crippen LogP contribution < -0.4 is 9.80 Å². The number of aromatic nitrogens is 2. The van der Waals surface area contributed by atoms with Gasteiger partial charge < -0.3 is 19.8 Å². The average Bonchev–Trinajstić information content (AvgIpc) is 2.79. The van der Waals surface area contributed by atoms with Gasteiger partial charge in [-0.2, -0.15) is 0 Å². The SMILES string of the molecule is O=C(Cc1cccc(Cl)c1)N1CCN(c2cc(N3CCCC(CO)C3)ncn2)CC1. The van der Waals surface area contributed by atoms with Gasteiger partial charge in [0.05, 0.1) is 6.42 Å². The number of aliphatic hydroxyl groups excluding tert-OH is 1. The molecule has 1 amide bonds. The van der Waals surface area contributed by atoms with Gasteiger partial charge in [0.2, 0.25) is 5.91 Å². The smallest absolute Gasteiger partial charge is 0.227 e. The number of anilines is 2. The van der Waals surface area contributed by atoms with E-state index < -0.39 is 0 Å². The van der Waals surface area contributed by atoms with Crippen LogP contribution in [0.25, 0.3) is 0 Å². The fraction of sp³-hybridized carbons (Fsp3) is 0.500. The first-order chi connectivity index (χ1) is 14.6. The van der Waals surface area contributed by atoms with Crippen molar-refractivity contribution >= 4 is 29.1 Å². The fourth-order valence-electron chi connectivity index (χ4n) is 4.22. The third-order valence-corrected chi connectivity index (χ3v) is 6.18. The summed E-state index contributed by atoms with van der Waals surface area (Å²) in [6, 6.07) is 9.51. The second-order valence-electron chi connectivity index (χ2n) is 8.05. The number of carbonyl (C=O) groups excluding carboxylic acids is 1. The molecule has 2 fully saturated rings. The first kappa shape index (κ1) is 20.9. The van der Waals surface area contributed by atoms with Crippen LogP contribution in [-0.2, 0) is 11.2 Å². The van der Waals surface area contributed by atoms with Gasteiger partial charge in [0, 0.05) is 57.0 Å². The minimum atomic E-state index is 0.128. The molecular formula is C22H28ClN5O2. The van der Waals surface area contributed by atoms with Gasteiger partial charge in [-0.3, -0.25) is 4.79 Å². The molecule has 1 unspecified atom stereocenters. The summed E-state index contributed by atoms with van der Waals surface area (Å²) in [5.41, 5.74) is 0.943. The first-order valence-electron chi connectivity index (χ1n) is 10.6. The van der Waals surface area contributed by atoms with E-state index in [1.165, 1.54) is 0 Å². The Labute approximate surface area is 182 Å². The van der Waals surface area contributed by atoms with Crippen molar-refractivity contribution in [2.24, 2.45) is 5.92 Å². The molecule has 2 saturated heterocycles. The molecule has 0 saturated carbocycles. The van der Waals surface area contributed by atoms with Crippen LogP contribution in [0.1, 0.15) is 18.4 Å². The lowest BCUT2D eigenvalue weighted by atomic mass is 9.99. The predicted octanol–water partition coefficient (Wildman–Crippen LogP) is 2.23. The van der Waals surface area contributed by atoms with Crippen molar-refractivity contribution in [1.82, 2.24) is 14.9 Å². The summed E-state index contributed by atoms with van der Waals surface area (Å²) in [4.78, 5) is 27.9. The maximum Gasteiger partial charge on any atom is 0.227 e. The zero-order chi connectivity index (χ0) is 20.9. The lowest BCUT2D eigenvalue weighted by Gasteiger charge is -2.36. The zero-order valence-corrected chi connectivity index (χ0v) is 17.8. The largest absolute Gasteiger partial charge is 0.396 e. The molecule has 3 heterocycles. The number of amides is 1. The van der Waals surface area contributed by atoms with E-state index in [4.69, 9.17) is 11.6 Å². The molecule has 2 aliphatic heterocycles. The Kier molecular flexibility index (Phi) is 6.69. The number of hydrogen-bond acceptors (Lipinski definition) is 6. The van der Waals surface area contributed by atoms with Crippen LogP contribution in [0, 0.1) is 5.92 Å². The van der Waals surface area contributed by atoms with Crippen molar-refractivity contribution in [3.63, 3.8) is 0 Å². The number of nitrogens with zero attached hydrogens (tertiary/aromatic N) is 5. The molecule has 160 valence electrons. The summed E-state index contributed by atoms with van der Waals surface area (Å²) >= 11 is 6.03. The molecule has 2 aromatic rings. The van der Waals surface area contributed by atoms with E-state index in [-0.39, 0.29) is 12.5 Å². The summed E-state index contributed by atoms with van der Waals surface area (Å²) in [5.74, 6) is 2.25.